The summed E-state index contributed by atoms with van der Waals surface area (Å²) in [5, 5.41) is 1.60. The molecule has 4 N–H and O–H groups in total. The second-order valence-corrected chi connectivity index (χ2v) is 6.14. The summed E-state index contributed by atoms with van der Waals surface area (Å²) in [5.41, 5.74) is 11.5. The minimum atomic E-state index is -1.58. The van der Waals surface area contributed by atoms with Crippen molar-refractivity contribution in [2.75, 3.05) is 0 Å². The van der Waals surface area contributed by atoms with Crippen LogP contribution in [0.2, 0.25) is 0 Å². The van der Waals surface area contributed by atoms with Gasteiger partial charge in [-0.25, -0.2) is 0 Å². The van der Waals surface area contributed by atoms with Crippen molar-refractivity contribution in [3.05, 3.63) is 30.3 Å². The quantitative estimate of drug-likeness (QED) is 0.445. The molecule has 0 amide bonds. The zero-order valence-corrected chi connectivity index (χ0v) is 11.9. The molecule has 0 aliphatic carbocycles. The second kappa shape index (κ2) is 8.39. The zero-order chi connectivity index (χ0) is 13.4. The largest absolute Gasteiger partial charge is 0.626 e. The summed E-state index contributed by atoms with van der Waals surface area (Å²) in [6.07, 6.45) is 4.73. The highest BCUT2D eigenvalue weighted by Crippen LogP contribution is 2.18. The predicted octanol–water partition coefficient (Wildman–Crippen LogP) is 1.46. The fourth-order valence-corrected chi connectivity index (χ4v) is 3.27. The van der Waals surface area contributed by atoms with Gasteiger partial charge in [0.1, 0.15) is 16.8 Å². The Labute approximate surface area is 111 Å². The lowest BCUT2D eigenvalue weighted by atomic mass is 10.1. The smallest absolute Gasteiger partial charge is 0.144 e. The van der Waals surface area contributed by atoms with Gasteiger partial charge >= 0.3 is 0 Å². The Morgan fingerprint density at radius 1 is 1.17 bits per heavy atom. The van der Waals surface area contributed by atoms with Gasteiger partial charge in [0.2, 0.25) is 0 Å². The standard InChI is InChI=1S/C14H23N2OP/c1-2-3-4-8-11-13(14(15)16)18(17)12-9-6-5-7-10-12/h5-7,9-10,14H,2-4,8,11,15-16H2,1H3. The number of nitrogens with two attached hydrogens (primary N) is 2. The summed E-state index contributed by atoms with van der Waals surface area (Å²) >= 11 is 0. The van der Waals surface area contributed by atoms with Crippen molar-refractivity contribution in [1.82, 2.24) is 0 Å². The van der Waals surface area contributed by atoms with Gasteiger partial charge in [-0.3, -0.25) is 0 Å². The van der Waals surface area contributed by atoms with Gasteiger partial charge in [-0.15, -0.1) is 0 Å². The van der Waals surface area contributed by atoms with E-state index in [1.165, 1.54) is 12.8 Å². The maximum atomic E-state index is 12.4. The van der Waals surface area contributed by atoms with Crippen molar-refractivity contribution in [3.8, 4) is 0 Å². The van der Waals surface area contributed by atoms with Crippen LogP contribution < -0.4 is 21.7 Å². The van der Waals surface area contributed by atoms with Crippen molar-refractivity contribution < 1.29 is 4.89 Å². The highest BCUT2D eigenvalue weighted by atomic mass is 31.1. The summed E-state index contributed by atoms with van der Waals surface area (Å²) in [6, 6.07) is 9.43. The number of hydrogen-bond donors (Lipinski definition) is 2. The average Bonchev–Trinajstić information content (AvgIpc) is 2.39. The lowest BCUT2D eigenvalue weighted by Crippen LogP contribution is -2.40. The highest BCUT2D eigenvalue weighted by molar-refractivity contribution is 7.59. The van der Waals surface area contributed by atoms with Gasteiger partial charge in [0.05, 0.1) is 7.77 Å². The third kappa shape index (κ3) is 4.87. The molecule has 0 aliphatic rings. The topological polar surface area (TPSA) is 75.1 Å². The maximum Gasteiger partial charge on any atom is 0.144 e. The molecule has 0 fully saturated rings. The van der Waals surface area contributed by atoms with Gasteiger partial charge in [0.15, 0.2) is 0 Å². The lowest BCUT2D eigenvalue weighted by Gasteiger charge is -2.11. The number of rotatable bonds is 7. The summed E-state index contributed by atoms with van der Waals surface area (Å²) in [5.74, 6) is 0. The number of benzene rings is 1. The van der Waals surface area contributed by atoms with E-state index in [1.807, 2.05) is 30.3 Å². The zero-order valence-electron chi connectivity index (χ0n) is 11.0. The van der Waals surface area contributed by atoms with Crippen LogP contribution in [0, 0.1) is 0 Å². The summed E-state index contributed by atoms with van der Waals surface area (Å²) in [4.78, 5) is 12.4. The molecule has 4 heteroatoms. The molecule has 18 heavy (non-hydrogen) atoms. The Morgan fingerprint density at radius 3 is 2.39 bits per heavy atom. The molecule has 0 spiro atoms. The molecule has 1 unspecified atom stereocenters. The van der Waals surface area contributed by atoms with Crippen LogP contribution in [-0.4, -0.2) is 11.5 Å². The van der Waals surface area contributed by atoms with Crippen LogP contribution in [0.3, 0.4) is 0 Å². The van der Waals surface area contributed by atoms with Crippen molar-refractivity contribution in [2.45, 2.75) is 45.2 Å². The van der Waals surface area contributed by atoms with Crippen LogP contribution in [0.5, 0.6) is 0 Å². The van der Waals surface area contributed by atoms with Gasteiger partial charge in [0.25, 0.3) is 0 Å². The van der Waals surface area contributed by atoms with E-state index in [4.69, 9.17) is 11.5 Å². The van der Waals surface area contributed by atoms with Crippen LogP contribution >= 0.6 is 7.77 Å². The van der Waals surface area contributed by atoms with Gasteiger partial charge < -0.3 is 16.4 Å². The average molecular weight is 266 g/mol. The molecule has 1 aromatic carbocycles. The summed E-state index contributed by atoms with van der Waals surface area (Å²) in [7, 11) is -1.58. The molecule has 0 saturated heterocycles. The van der Waals surface area contributed by atoms with E-state index in [1.54, 1.807) is 0 Å². The Morgan fingerprint density at radius 2 is 1.83 bits per heavy atom. The first-order valence-electron chi connectivity index (χ1n) is 6.56. The van der Waals surface area contributed by atoms with Crippen molar-refractivity contribution >= 4 is 18.4 Å². The van der Waals surface area contributed by atoms with Gasteiger partial charge in [0, 0.05) is 6.42 Å². The SMILES string of the molecule is CCCCCCC(C(N)N)=[P+]([O-])c1ccccc1. The van der Waals surface area contributed by atoms with Crippen molar-refractivity contribution in [3.63, 3.8) is 0 Å². The van der Waals surface area contributed by atoms with Crippen LogP contribution in [0.4, 0.5) is 0 Å². The van der Waals surface area contributed by atoms with E-state index in [0.717, 1.165) is 29.9 Å². The minimum absolute atomic E-state index is 0.588. The first-order valence-corrected chi connectivity index (χ1v) is 7.82. The molecule has 0 heterocycles. The number of unbranched alkanes of at least 4 members (excludes halogenated alkanes) is 3. The molecule has 0 saturated carbocycles. The lowest BCUT2D eigenvalue weighted by molar-refractivity contribution is -0.149. The third-order valence-corrected chi connectivity index (χ3v) is 4.73. The molecule has 0 aromatic heterocycles. The maximum absolute atomic E-state index is 12.4. The molecular formula is C14H23N2OP. The fourth-order valence-electron chi connectivity index (χ4n) is 1.87. The number of hydrogen-bond acceptors (Lipinski definition) is 3. The molecule has 0 radical (unpaired) electrons. The van der Waals surface area contributed by atoms with E-state index in [-0.39, 0.29) is 0 Å². The molecule has 1 rings (SSSR count). The third-order valence-electron chi connectivity index (χ3n) is 2.92. The minimum Gasteiger partial charge on any atom is -0.626 e. The second-order valence-electron chi connectivity index (χ2n) is 4.46. The highest BCUT2D eigenvalue weighted by Gasteiger charge is 2.16. The van der Waals surface area contributed by atoms with Crippen LogP contribution in [-0.2, 0) is 0 Å². The monoisotopic (exact) mass is 266 g/mol. The van der Waals surface area contributed by atoms with Gasteiger partial charge in [-0.05, 0) is 18.6 Å². The van der Waals surface area contributed by atoms with Crippen LogP contribution in [0.15, 0.2) is 30.3 Å². The van der Waals surface area contributed by atoms with E-state index >= 15 is 0 Å². The molecule has 0 bridgehead atoms. The van der Waals surface area contributed by atoms with Gasteiger partial charge in [-0.1, -0.05) is 44.4 Å². The molecule has 1 aromatic rings. The van der Waals surface area contributed by atoms with E-state index < -0.39 is 13.9 Å². The Bertz CT molecular complexity index is 377. The molecule has 100 valence electrons. The Balaban J connectivity index is 2.76. The van der Waals surface area contributed by atoms with Crippen LogP contribution in [0.1, 0.15) is 39.0 Å². The van der Waals surface area contributed by atoms with Gasteiger partial charge in [-0.2, -0.15) is 0 Å². The fraction of sp³-hybridized carbons (Fsp3) is 0.500. The molecule has 1 atom stereocenters. The summed E-state index contributed by atoms with van der Waals surface area (Å²) < 4.78 is 0. The van der Waals surface area contributed by atoms with E-state index in [0.29, 0.717) is 0 Å². The molecular weight excluding hydrogens is 243 g/mol. The summed E-state index contributed by atoms with van der Waals surface area (Å²) in [6.45, 7) is 2.17. The normalized spacial score (nSPS) is 12.7. The predicted molar refractivity (Wildman–Crippen MR) is 78.9 cm³/mol. The van der Waals surface area contributed by atoms with Crippen molar-refractivity contribution in [1.29, 1.82) is 0 Å². The van der Waals surface area contributed by atoms with E-state index in [2.05, 4.69) is 6.92 Å². The molecule has 0 aliphatic heterocycles. The molecule has 3 nitrogen and oxygen atoms in total. The first kappa shape index (κ1) is 15.3. The Hall–Kier alpha value is -0.730. The van der Waals surface area contributed by atoms with Crippen LogP contribution in [0.25, 0.3) is 0 Å². The van der Waals surface area contributed by atoms with Crippen molar-refractivity contribution in [2.24, 2.45) is 11.5 Å². The Kier molecular flexibility index (Phi) is 7.14. The first-order chi connectivity index (χ1) is 8.66. The van der Waals surface area contributed by atoms with E-state index in [9.17, 15) is 4.89 Å².